The van der Waals surface area contributed by atoms with E-state index >= 15 is 0 Å². The number of nitrogens with one attached hydrogen (secondary N) is 1. The van der Waals surface area contributed by atoms with Crippen LogP contribution in [0.2, 0.25) is 0 Å². The van der Waals surface area contributed by atoms with E-state index in [-0.39, 0.29) is 17.5 Å². The Hall–Kier alpha value is -3.38. The molecule has 32 heavy (non-hydrogen) atoms. The summed E-state index contributed by atoms with van der Waals surface area (Å²) in [6.07, 6.45) is 0.158. The number of fused-ring (bicyclic) bond motifs is 1. The summed E-state index contributed by atoms with van der Waals surface area (Å²) in [4.78, 5) is 26.1. The van der Waals surface area contributed by atoms with E-state index in [1.807, 2.05) is 42.5 Å². The Kier molecular flexibility index (Phi) is 6.42. The summed E-state index contributed by atoms with van der Waals surface area (Å²) in [7, 11) is 0. The molecule has 0 aliphatic rings. The molecule has 4 rings (SSSR count). The number of ketones is 1. The number of anilines is 1. The topological polar surface area (TPSA) is 68.5 Å². The van der Waals surface area contributed by atoms with E-state index in [1.165, 1.54) is 5.56 Å². The molecule has 1 N–H and O–H groups in total. The molecule has 0 aliphatic carbocycles. The number of halogens is 1. The van der Waals surface area contributed by atoms with Gasteiger partial charge in [-0.05, 0) is 67.4 Å². The highest BCUT2D eigenvalue weighted by atomic mass is 79.9. The zero-order chi connectivity index (χ0) is 22.7. The number of aryl methyl sites for hydroxylation is 1. The summed E-state index contributed by atoms with van der Waals surface area (Å²) in [5, 5.41) is 3.50. The summed E-state index contributed by atoms with van der Waals surface area (Å²) in [5.41, 5.74) is 2.51. The third-order valence-corrected chi connectivity index (χ3v) is 5.70. The molecule has 0 saturated carbocycles. The van der Waals surface area contributed by atoms with Gasteiger partial charge < -0.3 is 14.5 Å². The first-order valence-corrected chi connectivity index (χ1v) is 11.1. The number of para-hydroxylation sites is 1. The molecule has 0 bridgehead atoms. The molecule has 3 aromatic carbocycles. The van der Waals surface area contributed by atoms with Crippen LogP contribution in [-0.2, 0) is 11.2 Å². The average molecular weight is 492 g/mol. The Morgan fingerprint density at radius 3 is 2.38 bits per heavy atom. The smallest absolute Gasteiger partial charge is 0.265 e. The van der Waals surface area contributed by atoms with Gasteiger partial charge in [-0.25, -0.2) is 0 Å². The molecule has 1 atom stereocenters. The summed E-state index contributed by atoms with van der Waals surface area (Å²) in [6.45, 7) is 3.75. The zero-order valence-electron chi connectivity index (χ0n) is 17.7. The van der Waals surface area contributed by atoms with Crippen LogP contribution in [-0.4, -0.2) is 17.8 Å². The third-order valence-electron chi connectivity index (χ3n) is 5.17. The van der Waals surface area contributed by atoms with E-state index in [0.29, 0.717) is 28.0 Å². The SMILES string of the molecule is CCc1ccc(OC(C)C(=O)Nc2c(C(=O)c3ccc(Br)cc3)oc3ccccc23)cc1. The van der Waals surface area contributed by atoms with Gasteiger partial charge in [0.1, 0.15) is 11.3 Å². The van der Waals surface area contributed by atoms with Crippen LogP contribution in [0.25, 0.3) is 11.0 Å². The van der Waals surface area contributed by atoms with Crippen LogP contribution in [0.15, 0.2) is 81.7 Å². The summed E-state index contributed by atoms with van der Waals surface area (Å²) in [6, 6.07) is 21.8. The molecule has 0 spiro atoms. The minimum Gasteiger partial charge on any atom is -0.481 e. The fourth-order valence-electron chi connectivity index (χ4n) is 3.35. The van der Waals surface area contributed by atoms with Gasteiger partial charge in [-0.3, -0.25) is 9.59 Å². The molecule has 1 unspecified atom stereocenters. The van der Waals surface area contributed by atoms with Crippen molar-refractivity contribution in [2.75, 3.05) is 5.32 Å². The molecule has 0 fully saturated rings. The molecule has 1 heterocycles. The molecule has 5 nitrogen and oxygen atoms in total. The van der Waals surface area contributed by atoms with Crippen LogP contribution in [0.4, 0.5) is 5.69 Å². The molecular weight excluding hydrogens is 470 g/mol. The van der Waals surface area contributed by atoms with Crippen LogP contribution < -0.4 is 10.1 Å². The van der Waals surface area contributed by atoms with Crippen molar-refractivity contribution in [3.63, 3.8) is 0 Å². The van der Waals surface area contributed by atoms with E-state index < -0.39 is 6.10 Å². The Balaban J connectivity index is 1.61. The van der Waals surface area contributed by atoms with Crippen molar-refractivity contribution >= 4 is 44.3 Å². The lowest BCUT2D eigenvalue weighted by Crippen LogP contribution is -2.30. The van der Waals surface area contributed by atoms with Gasteiger partial charge in [0.2, 0.25) is 5.78 Å². The van der Waals surface area contributed by atoms with Crippen molar-refractivity contribution in [3.8, 4) is 5.75 Å². The predicted octanol–water partition coefficient (Wildman–Crippen LogP) is 6.39. The van der Waals surface area contributed by atoms with Crippen molar-refractivity contribution in [2.45, 2.75) is 26.4 Å². The quantitative estimate of drug-likeness (QED) is 0.304. The Bertz CT molecular complexity index is 1260. The second kappa shape index (κ2) is 9.40. The van der Waals surface area contributed by atoms with Crippen molar-refractivity contribution in [1.29, 1.82) is 0 Å². The minimum absolute atomic E-state index is 0.0846. The highest BCUT2D eigenvalue weighted by molar-refractivity contribution is 9.10. The first-order chi connectivity index (χ1) is 15.5. The standard InChI is InChI=1S/C26H22BrNO4/c1-3-17-8-14-20(15-9-17)31-16(2)26(30)28-23-21-6-4-5-7-22(21)32-25(23)24(29)18-10-12-19(27)13-11-18/h4-16H,3H2,1-2H3,(H,28,30). The number of amides is 1. The van der Waals surface area contributed by atoms with Gasteiger partial charge in [0, 0.05) is 15.4 Å². The van der Waals surface area contributed by atoms with Gasteiger partial charge in [-0.2, -0.15) is 0 Å². The maximum Gasteiger partial charge on any atom is 0.265 e. The number of carbonyl (C=O) groups excluding carboxylic acids is 2. The fourth-order valence-corrected chi connectivity index (χ4v) is 3.61. The van der Waals surface area contributed by atoms with Crippen molar-refractivity contribution in [3.05, 3.63) is 94.2 Å². The van der Waals surface area contributed by atoms with Gasteiger partial charge in [0.15, 0.2) is 11.9 Å². The largest absolute Gasteiger partial charge is 0.481 e. The van der Waals surface area contributed by atoms with E-state index in [0.717, 1.165) is 10.9 Å². The van der Waals surface area contributed by atoms with Crippen molar-refractivity contribution < 1.29 is 18.7 Å². The van der Waals surface area contributed by atoms with E-state index in [1.54, 1.807) is 37.3 Å². The van der Waals surface area contributed by atoms with Crippen molar-refractivity contribution in [1.82, 2.24) is 0 Å². The molecule has 0 saturated heterocycles. The van der Waals surface area contributed by atoms with Crippen molar-refractivity contribution in [2.24, 2.45) is 0 Å². The maximum absolute atomic E-state index is 13.2. The van der Waals surface area contributed by atoms with Crippen LogP contribution in [0.3, 0.4) is 0 Å². The van der Waals surface area contributed by atoms with Crippen LogP contribution >= 0.6 is 15.9 Å². The number of benzene rings is 3. The van der Waals surface area contributed by atoms with Gasteiger partial charge in [-0.15, -0.1) is 0 Å². The molecule has 6 heteroatoms. The first-order valence-electron chi connectivity index (χ1n) is 10.3. The lowest BCUT2D eigenvalue weighted by molar-refractivity contribution is -0.122. The summed E-state index contributed by atoms with van der Waals surface area (Å²) >= 11 is 3.37. The normalized spacial score (nSPS) is 11.8. The highest BCUT2D eigenvalue weighted by Gasteiger charge is 2.25. The molecule has 162 valence electrons. The molecule has 1 aromatic heterocycles. The fraction of sp³-hybridized carbons (Fsp3) is 0.154. The zero-order valence-corrected chi connectivity index (χ0v) is 19.3. The Morgan fingerprint density at radius 2 is 1.69 bits per heavy atom. The summed E-state index contributed by atoms with van der Waals surface area (Å²) in [5.74, 6) is 0.00291. The average Bonchev–Trinajstić information content (AvgIpc) is 3.18. The second-order valence-corrected chi connectivity index (χ2v) is 8.30. The number of hydrogen-bond donors (Lipinski definition) is 1. The van der Waals surface area contributed by atoms with Crippen LogP contribution in [0.1, 0.15) is 35.5 Å². The lowest BCUT2D eigenvalue weighted by atomic mass is 10.1. The number of ether oxygens (including phenoxy) is 1. The molecule has 0 radical (unpaired) electrons. The van der Waals surface area contributed by atoms with Gasteiger partial charge in [-0.1, -0.05) is 47.1 Å². The van der Waals surface area contributed by atoms with Gasteiger partial charge in [0.25, 0.3) is 5.91 Å². The number of rotatable bonds is 7. The van der Waals surface area contributed by atoms with Crippen LogP contribution in [0, 0.1) is 0 Å². The number of hydrogen-bond acceptors (Lipinski definition) is 4. The Labute approximate surface area is 194 Å². The molecule has 4 aromatic rings. The third kappa shape index (κ3) is 4.60. The lowest BCUT2D eigenvalue weighted by Gasteiger charge is -2.15. The molecule has 1 amide bonds. The minimum atomic E-state index is -0.772. The van der Waals surface area contributed by atoms with E-state index in [9.17, 15) is 9.59 Å². The van der Waals surface area contributed by atoms with E-state index in [4.69, 9.17) is 9.15 Å². The summed E-state index contributed by atoms with van der Waals surface area (Å²) < 4.78 is 12.5. The highest BCUT2D eigenvalue weighted by Crippen LogP contribution is 2.33. The number of carbonyl (C=O) groups is 2. The first kappa shape index (κ1) is 21.8. The molecule has 0 aliphatic heterocycles. The van der Waals surface area contributed by atoms with E-state index in [2.05, 4.69) is 28.2 Å². The van der Waals surface area contributed by atoms with Gasteiger partial charge in [0.05, 0.1) is 5.69 Å². The predicted molar refractivity (Wildman–Crippen MR) is 128 cm³/mol. The van der Waals surface area contributed by atoms with Crippen LogP contribution in [0.5, 0.6) is 5.75 Å². The maximum atomic E-state index is 13.2. The number of furan rings is 1. The monoisotopic (exact) mass is 491 g/mol. The molecular formula is C26H22BrNO4. The second-order valence-electron chi connectivity index (χ2n) is 7.39. The van der Waals surface area contributed by atoms with Gasteiger partial charge >= 0.3 is 0 Å². The Morgan fingerprint density at radius 1 is 1.00 bits per heavy atom.